The van der Waals surface area contributed by atoms with E-state index >= 15 is 0 Å². The maximum atomic E-state index is 12.6. The van der Waals surface area contributed by atoms with Crippen LogP contribution in [0.1, 0.15) is 12.8 Å². The van der Waals surface area contributed by atoms with E-state index in [1.54, 1.807) is 7.11 Å². The third kappa shape index (κ3) is 3.90. The highest BCUT2D eigenvalue weighted by molar-refractivity contribution is 7.14. The Hall–Kier alpha value is -1.47. The minimum Gasteiger partial charge on any atom is -0.368 e. The lowest BCUT2D eigenvalue weighted by Gasteiger charge is -2.34. The van der Waals surface area contributed by atoms with Crippen molar-refractivity contribution in [3.05, 3.63) is 35.7 Å². The molecule has 1 fully saturated rings. The summed E-state index contributed by atoms with van der Waals surface area (Å²) >= 11 is 1.43. The van der Waals surface area contributed by atoms with Gasteiger partial charge in [-0.2, -0.15) is 0 Å². The van der Waals surface area contributed by atoms with Gasteiger partial charge in [-0.1, -0.05) is 30.3 Å². The van der Waals surface area contributed by atoms with Gasteiger partial charge >= 0.3 is 0 Å². The molecule has 23 heavy (non-hydrogen) atoms. The first-order chi connectivity index (χ1) is 10.7. The molecule has 1 aliphatic heterocycles. The number of anilines is 1. The van der Waals surface area contributed by atoms with Gasteiger partial charge in [-0.15, -0.1) is 23.7 Å². The zero-order chi connectivity index (χ0) is 15.4. The first-order valence-electron chi connectivity index (χ1n) is 7.32. The van der Waals surface area contributed by atoms with E-state index in [0.29, 0.717) is 18.0 Å². The highest BCUT2D eigenvalue weighted by Crippen LogP contribution is 2.28. The van der Waals surface area contributed by atoms with E-state index in [-0.39, 0.29) is 18.3 Å². The van der Waals surface area contributed by atoms with Gasteiger partial charge in [0.2, 0.25) is 0 Å². The highest BCUT2D eigenvalue weighted by atomic mass is 35.5. The number of amides is 1. The van der Waals surface area contributed by atoms with Gasteiger partial charge in [-0.25, -0.2) is 4.98 Å². The number of aromatic nitrogens is 1. The third-order valence-corrected chi connectivity index (χ3v) is 4.77. The average molecular weight is 354 g/mol. The Morgan fingerprint density at radius 3 is 2.65 bits per heavy atom. The van der Waals surface area contributed by atoms with Crippen LogP contribution in [-0.2, 0) is 9.53 Å². The van der Waals surface area contributed by atoms with Crippen LogP contribution >= 0.6 is 23.7 Å². The fourth-order valence-electron chi connectivity index (χ4n) is 2.64. The van der Waals surface area contributed by atoms with E-state index in [4.69, 9.17) is 4.74 Å². The topological polar surface area (TPSA) is 63.2 Å². The lowest BCUT2D eigenvalue weighted by atomic mass is 9.91. The van der Waals surface area contributed by atoms with Crippen LogP contribution in [0.4, 0.5) is 5.13 Å². The Morgan fingerprint density at radius 2 is 2.00 bits per heavy atom. The number of methoxy groups -OCH3 is 1. The Morgan fingerprint density at radius 1 is 1.30 bits per heavy atom. The number of carbonyl (C=O) groups excluding carboxylic acids is 1. The predicted octanol–water partition coefficient (Wildman–Crippen LogP) is 2.94. The first kappa shape index (κ1) is 17.9. The number of carbonyl (C=O) groups is 1. The summed E-state index contributed by atoms with van der Waals surface area (Å²) in [6.45, 7) is 1.57. The predicted molar refractivity (Wildman–Crippen MR) is 95.3 cm³/mol. The first-order valence-corrected chi connectivity index (χ1v) is 8.20. The summed E-state index contributed by atoms with van der Waals surface area (Å²) in [7, 11) is 1.60. The molecule has 2 heterocycles. The fraction of sp³-hybridized carbons (Fsp3) is 0.375. The SMILES string of the molecule is COC1(C(=O)Nc2nc(-c3ccccc3)cs2)CCNCC1.Cl. The van der Waals surface area contributed by atoms with E-state index < -0.39 is 5.60 Å². The van der Waals surface area contributed by atoms with Crippen molar-refractivity contribution < 1.29 is 9.53 Å². The number of benzene rings is 1. The van der Waals surface area contributed by atoms with Gasteiger partial charge in [-0.05, 0) is 25.9 Å². The van der Waals surface area contributed by atoms with Crippen LogP contribution in [0, 0.1) is 0 Å². The fourth-order valence-corrected chi connectivity index (χ4v) is 3.35. The monoisotopic (exact) mass is 353 g/mol. The van der Waals surface area contributed by atoms with E-state index in [9.17, 15) is 4.79 Å². The molecule has 3 rings (SSSR count). The molecule has 1 aromatic heterocycles. The Kier molecular flexibility index (Phi) is 6.12. The van der Waals surface area contributed by atoms with Gasteiger partial charge in [0.05, 0.1) is 5.69 Å². The molecule has 0 bridgehead atoms. The summed E-state index contributed by atoms with van der Waals surface area (Å²) in [5.74, 6) is -0.106. The molecule has 1 aromatic carbocycles. The van der Waals surface area contributed by atoms with Crippen LogP contribution in [-0.4, -0.2) is 36.7 Å². The van der Waals surface area contributed by atoms with Crippen LogP contribution in [0.3, 0.4) is 0 Å². The number of ether oxygens (including phenoxy) is 1. The van der Waals surface area contributed by atoms with Crippen molar-refractivity contribution in [2.24, 2.45) is 0 Å². The van der Waals surface area contributed by atoms with Gasteiger partial charge in [0.1, 0.15) is 5.60 Å². The molecule has 1 amide bonds. The molecule has 124 valence electrons. The molecule has 0 aliphatic carbocycles. The molecule has 0 radical (unpaired) electrons. The van der Waals surface area contributed by atoms with Crippen molar-refractivity contribution in [3.63, 3.8) is 0 Å². The van der Waals surface area contributed by atoms with E-state index in [0.717, 1.165) is 24.3 Å². The summed E-state index contributed by atoms with van der Waals surface area (Å²) < 4.78 is 5.53. The number of hydrogen-bond acceptors (Lipinski definition) is 5. The number of rotatable bonds is 4. The molecule has 5 nitrogen and oxygen atoms in total. The molecular formula is C16H20ClN3O2S. The van der Waals surface area contributed by atoms with Crippen molar-refractivity contribution in [3.8, 4) is 11.3 Å². The molecular weight excluding hydrogens is 334 g/mol. The summed E-state index contributed by atoms with van der Waals surface area (Å²) in [6, 6.07) is 9.93. The molecule has 0 spiro atoms. The van der Waals surface area contributed by atoms with Crippen molar-refractivity contribution in [1.29, 1.82) is 0 Å². The van der Waals surface area contributed by atoms with Crippen molar-refractivity contribution in [2.75, 3.05) is 25.5 Å². The van der Waals surface area contributed by atoms with E-state index in [2.05, 4.69) is 15.6 Å². The van der Waals surface area contributed by atoms with Gasteiger partial charge < -0.3 is 10.1 Å². The van der Waals surface area contributed by atoms with Gasteiger partial charge in [0.15, 0.2) is 5.13 Å². The van der Waals surface area contributed by atoms with Crippen molar-refractivity contribution in [2.45, 2.75) is 18.4 Å². The summed E-state index contributed by atoms with van der Waals surface area (Å²) in [5, 5.41) is 8.72. The van der Waals surface area contributed by atoms with E-state index in [1.807, 2.05) is 35.7 Å². The zero-order valence-corrected chi connectivity index (χ0v) is 14.5. The van der Waals surface area contributed by atoms with Crippen LogP contribution in [0.15, 0.2) is 35.7 Å². The van der Waals surface area contributed by atoms with Gasteiger partial charge in [0.25, 0.3) is 5.91 Å². The molecule has 2 N–H and O–H groups in total. The molecule has 0 saturated carbocycles. The lowest BCUT2D eigenvalue weighted by Crippen LogP contribution is -2.51. The number of halogens is 1. The molecule has 1 aliphatic rings. The van der Waals surface area contributed by atoms with Crippen LogP contribution in [0.5, 0.6) is 0 Å². The maximum Gasteiger partial charge on any atom is 0.258 e. The molecule has 0 atom stereocenters. The Labute approximate surface area is 145 Å². The molecule has 1 saturated heterocycles. The minimum atomic E-state index is -0.746. The van der Waals surface area contributed by atoms with Crippen molar-refractivity contribution >= 4 is 34.8 Å². The molecule has 2 aromatic rings. The number of thiazole rings is 1. The van der Waals surface area contributed by atoms with Gasteiger partial charge in [-0.3, -0.25) is 10.1 Å². The zero-order valence-electron chi connectivity index (χ0n) is 12.9. The minimum absolute atomic E-state index is 0. The third-order valence-electron chi connectivity index (χ3n) is 4.01. The van der Waals surface area contributed by atoms with Gasteiger partial charge in [0, 0.05) is 18.1 Å². The normalized spacial score (nSPS) is 16.4. The number of piperidine rings is 1. The second-order valence-electron chi connectivity index (χ2n) is 5.31. The second kappa shape index (κ2) is 7.88. The Balaban J connectivity index is 0.00000192. The lowest BCUT2D eigenvalue weighted by molar-refractivity contribution is -0.140. The van der Waals surface area contributed by atoms with Crippen LogP contribution in [0.2, 0.25) is 0 Å². The van der Waals surface area contributed by atoms with E-state index in [1.165, 1.54) is 11.3 Å². The molecule has 0 unspecified atom stereocenters. The Bertz CT molecular complexity index is 642. The summed E-state index contributed by atoms with van der Waals surface area (Å²) in [6.07, 6.45) is 1.35. The summed E-state index contributed by atoms with van der Waals surface area (Å²) in [4.78, 5) is 17.1. The maximum absolute atomic E-state index is 12.6. The average Bonchev–Trinajstić information content (AvgIpc) is 3.05. The summed E-state index contributed by atoms with van der Waals surface area (Å²) in [5.41, 5.74) is 1.17. The number of hydrogen-bond donors (Lipinski definition) is 2. The van der Waals surface area contributed by atoms with Crippen molar-refractivity contribution in [1.82, 2.24) is 10.3 Å². The number of nitrogens with zero attached hydrogens (tertiary/aromatic N) is 1. The second-order valence-corrected chi connectivity index (χ2v) is 6.16. The largest absolute Gasteiger partial charge is 0.368 e. The standard InChI is InChI=1S/C16H19N3O2S.ClH/c1-21-16(7-9-17-10-8-16)14(20)19-15-18-13(11-22-15)12-5-3-2-4-6-12;/h2-6,11,17H,7-10H2,1H3,(H,18,19,20);1H. The molecule has 7 heteroatoms. The number of nitrogens with one attached hydrogen (secondary N) is 2. The van der Waals surface area contributed by atoms with Crippen LogP contribution < -0.4 is 10.6 Å². The van der Waals surface area contributed by atoms with Crippen LogP contribution in [0.25, 0.3) is 11.3 Å². The highest BCUT2D eigenvalue weighted by Gasteiger charge is 2.40. The quantitative estimate of drug-likeness (QED) is 0.887. The smallest absolute Gasteiger partial charge is 0.258 e.